The number of hydrogen-bond donors (Lipinski definition) is 2. The van der Waals surface area contributed by atoms with Crippen LogP contribution in [-0.4, -0.2) is 22.0 Å². The minimum absolute atomic E-state index is 0.00956. The highest BCUT2D eigenvalue weighted by atomic mass is 79.9. The van der Waals surface area contributed by atoms with E-state index < -0.39 is 11.9 Å². The molecule has 0 radical (unpaired) electrons. The summed E-state index contributed by atoms with van der Waals surface area (Å²) in [6.07, 6.45) is 1.44. The van der Waals surface area contributed by atoms with Crippen molar-refractivity contribution in [3.05, 3.63) is 56.2 Å². The molecule has 2 aromatic rings. The average Bonchev–Trinajstić information content (AvgIpc) is 2.41. The molecule has 108 valence electrons. The Hall–Kier alpha value is -1.73. The normalized spacial score (nSPS) is 10.2. The Kier molecular flexibility index (Phi) is 4.74. The highest BCUT2D eigenvalue weighted by Crippen LogP contribution is 2.31. The fourth-order valence-corrected chi connectivity index (χ4v) is 2.98. The lowest BCUT2D eigenvalue weighted by Gasteiger charge is -2.11. The number of rotatable bonds is 3. The van der Waals surface area contributed by atoms with E-state index in [4.69, 9.17) is 0 Å². The number of aromatic carboxylic acids is 1. The van der Waals surface area contributed by atoms with Gasteiger partial charge in [0, 0.05) is 20.8 Å². The van der Waals surface area contributed by atoms with Gasteiger partial charge >= 0.3 is 5.97 Å². The summed E-state index contributed by atoms with van der Waals surface area (Å²) in [6.45, 7) is 1.82. The molecule has 0 fully saturated rings. The van der Waals surface area contributed by atoms with Gasteiger partial charge in [0.15, 0.2) is 0 Å². The zero-order valence-corrected chi connectivity index (χ0v) is 14.0. The second-order valence-electron chi connectivity index (χ2n) is 4.26. The molecule has 0 spiro atoms. The summed E-state index contributed by atoms with van der Waals surface area (Å²) in [6, 6.07) is 6.43. The Morgan fingerprint density at radius 2 is 1.95 bits per heavy atom. The van der Waals surface area contributed by atoms with Gasteiger partial charge in [-0.15, -0.1) is 0 Å². The highest BCUT2D eigenvalue weighted by Gasteiger charge is 2.17. The summed E-state index contributed by atoms with van der Waals surface area (Å²) < 4.78 is 1.07. The van der Waals surface area contributed by atoms with E-state index in [1.807, 2.05) is 6.92 Å². The number of pyridine rings is 1. The number of nitrogens with zero attached hydrogens (tertiary/aromatic N) is 1. The molecular formula is C14H10Br2N2O3. The van der Waals surface area contributed by atoms with Crippen LogP contribution < -0.4 is 5.32 Å². The number of amides is 1. The summed E-state index contributed by atoms with van der Waals surface area (Å²) in [7, 11) is 0. The van der Waals surface area contributed by atoms with Gasteiger partial charge < -0.3 is 10.4 Å². The van der Waals surface area contributed by atoms with Crippen molar-refractivity contribution in [1.29, 1.82) is 0 Å². The van der Waals surface area contributed by atoms with Gasteiger partial charge in [0.25, 0.3) is 5.91 Å². The number of carboxylic acid groups (broad SMARTS) is 1. The Morgan fingerprint density at radius 1 is 1.24 bits per heavy atom. The van der Waals surface area contributed by atoms with Gasteiger partial charge in [0.2, 0.25) is 0 Å². The second-order valence-corrected chi connectivity index (χ2v) is 6.03. The molecule has 21 heavy (non-hydrogen) atoms. The lowest BCUT2D eigenvalue weighted by molar-refractivity contribution is 0.0698. The minimum atomic E-state index is -1.13. The molecule has 0 bridgehead atoms. The quantitative estimate of drug-likeness (QED) is 0.800. The molecular weight excluding hydrogens is 404 g/mol. The molecule has 0 aliphatic rings. The number of nitrogens with one attached hydrogen (secondary N) is 1. The maximum atomic E-state index is 12.2. The molecule has 1 aromatic carbocycles. The van der Waals surface area contributed by atoms with Gasteiger partial charge in [-0.25, -0.2) is 4.79 Å². The lowest BCUT2D eigenvalue weighted by Crippen LogP contribution is -2.15. The molecule has 0 saturated carbocycles. The van der Waals surface area contributed by atoms with E-state index in [2.05, 4.69) is 42.2 Å². The monoisotopic (exact) mass is 412 g/mol. The van der Waals surface area contributed by atoms with Crippen LogP contribution in [0.4, 0.5) is 5.69 Å². The van der Waals surface area contributed by atoms with E-state index in [0.29, 0.717) is 14.5 Å². The average molecular weight is 414 g/mol. The third kappa shape index (κ3) is 3.68. The van der Waals surface area contributed by atoms with E-state index in [1.165, 1.54) is 12.3 Å². The Labute approximate surface area is 137 Å². The van der Waals surface area contributed by atoms with Crippen molar-refractivity contribution >= 4 is 49.4 Å². The number of benzene rings is 1. The summed E-state index contributed by atoms with van der Waals surface area (Å²) in [5.41, 5.74) is 1.34. The SMILES string of the molecule is Cc1ccc(C(=O)Nc2c(Br)cc(Br)cc2C(=O)O)cn1. The van der Waals surface area contributed by atoms with Crippen LogP contribution >= 0.6 is 31.9 Å². The standard InChI is InChI=1S/C14H10Br2N2O3/c1-7-2-3-8(6-17-7)13(19)18-12-10(14(20)21)4-9(15)5-11(12)16/h2-6H,1H3,(H,18,19)(H,20,21). The topological polar surface area (TPSA) is 79.3 Å². The van der Waals surface area contributed by atoms with Crippen molar-refractivity contribution in [2.45, 2.75) is 6.92 Å². The van der Waals surface area contributed by atoms with Crippen molar-refractivity contribution in [3.8, 4) is 0 Å². The van der Waals surface area contributed by atoms with Crippen molar-refractivity contribution < 1.29 is 14.7 Å². The van der Waals surface area contributed by atoms with Crippen LogP contribution in [-0.2, 0) is 0 Å². The fourth-order valence-electron chi connectivity index (χ4n) is 1.66. The van der Waals surface area contributed by atoms with E-state index in [9.17, 15) is 14.7 Å². The maximum Gasteiger partial charge on any atom is 0.337 e. The molecule has 1 amide bonds. The zero-order chi connectivity index (χ0) is 15.6. The lowest BCUT2D eigenvalue weighted by atomic mass is 10.1. The molecule has 5 nitrogen and oxygen atoms in total. The van der Waals surface area contributed by atoms with Crippen LogP contribution in [0.2, 0.25) is 0 Å². The Bertz CT molecular complexity index is 715. The molecule has 0 aliphatic heterocycles. The van der Waals surface area contributed by atoms with Crippen LogP contribution in [0.1, 0.15) is 26.4 Å². The first-order chi connectivity index (χ1) is 9.88. The van der Waals surface area contributed by atoms with Crippen molar-refractivity contribution in [2.75, 3.05) is 5.32 Å². The Morgan fingerprint density at radius 3 is 2.52 bits per heavy atom. The van der Waals surface area contributed by atoms with Crippen LogP contribution in [0.15, 0.2) is 39.4 Å². The largest absolute Gasteiger partial charge is 0.478 e. The predicted octanol–water partition coefficient (Wildman–Crippen LogP) is 3.87. The van der Waals surface area contributed by atoms with Gasteiger partial charge in [-0.05, 0) is 47.1 Å². The van der Waals surface area contributed by atoms with Crippen molar-refractivity contribution in [2.24, 2.45) is 0 Å². The smallest absolute Gasteiger partial charge is 0.337 e. The number of halogens is 2. The second kappa shape index (κ2) is 6.36. The maximum absolute atomic E-state index is 12.2. The molecule has 0 aliphatic carbocycles. The highest BCUT2D eigenvalue weighted by molar-refractivity contribution is 9.11. The molecule has 7 heteroatoms. The van der Waals surface area contributed by atoms with E-state index in [-0.39, 0.29) is 11.3 Å². The first kappa shape index (κ1) is 15.7. The van der Waals surface area contributed by atoms with Crippen LogP contribution in [0, 0.1) is 6.92 Å². The number of anilines is 1. The molecule has 0 saturated heterocycles. The predicted molar refractivity (Wildman–Crippen MR) is 85.7 cm³/mol. The number of hydrogen-bond acceptors (Lipinski definition) is 3. The zero-order valence-electron chi connectivity index (χ0n) is 10.9. The molecule has 2 rings (SSSR count). The summed E-state index contributed by atoms with van der Waals surface area (Å²) in [5, 5.41) is 11.8. The van der Waals surface area contributed by atoms with Gasteiger partial charge in [-0.3, -0.25) is 9.78 Å². The Balaban J connectivity index is 2.37. The molecule has 0 atom stereocenters. The first-order valence-corrected chi connectivity index (χ1v) is 7.43. The van der Waals surface area contributed by atoms with Crippen LogP contribution in [0.3, 0.4) is 0 Å². The fraction of sp³-hybridized carbons (Fsp3) is 0.0714. The molecule has 2 N–H and O–H groups in total. The number of aromatic nitrogens is 1. The van der Waals surface area contributed by atoms with Gasteiger partial charge in [0.1, 0.15) is 0 Å². The summed E-state index contributed by atoms with van der Waals surface area (Å²) in [4.78, 5) is 27.5. The number of carbonyl (C=O) groups excluding carboxylic acids is 1. The summed E-state index contributed by atoms with van der Waals surface area (Å²) >= 11 is 6.47. The van der Waals surface area contributed by atoms with E-state index in [1.54, 1.807) is 18.2 Å². The van der Waals surface area contributed by atoms with Crippen LogP contribution in [0.5, 0.6) is 0 Å². The van der Waals surface area contributed by atoms with Crippen molar-refractivity contribution in [3.63, 3.8) is 0 Å². The number of carboxylic acids is 1. The minimum Gasteiger partial charge on any atom is -0.478 e. The van der Waals surface area contributed by atoms with Crippen molar-refractivity contribution in [1.82, 2.24) is 4.98 Å². The van der Waals surface area contributed by atoms with Crippen LogP contribution in [0.25, 0.3) is 0 Å². The molecule has 1 aromatic heterocycles. The number of carbonyl (C=O) groups is 2. The van der Waals surface area contributed by atoms with Gasteiger partial charge in [-0.1, -0.05) is 15.9 Å². The number of aryl methyl sites for hydroxylation is 1. The first-order valence-electron chi connectivity index (χ1n) is 5.85. The molecule has 0 unspecified atom stereocenters. The third-order valence-corrected chi connectivity index (χ3v) is 3.78. The van der Waals surface area contributed by atoms with E-state index in [0.717, 1.165) is 5.69 Å². The molecule has 1 heterocycles. The summed E-state index contributed by atoms with van der Waals surface area (Å²) in [5.74, 6) is -1.55. The third-order valence-electron chi connectivity index (χ3n) is 2.70. The van der Waals surface area contributed by atoms with Gasteiger partial charge in [0.05, 0.1) is 16.8 Å². The van der Waals surface area contributed by atoms with E-state index >= 15 is 0 Å². The van der Waals surface area contributed by atoms with Gasteiger partial charge in [-0.2, -0.15) is 0 Å².